The van der Waals surface area contributed by atoms with Gasteiger partial charge in [0, 0.05) is 6.42 Å². The van der Waals surface area contributed by atoms with Crippen molar-refractivity contribution in [2.45, 2.75) is 72.5 Å². The molecule has 10 nitrogen and oxygen atoms in total. The largest absolute Gasteiger partial charge is 0.508 e. The number of rotatable bonds is 6. The third kappa shape index (κ3) is 9.71. The molecule has 10 heteroatoms. The predicted octanol–water partition coefficient (Wildman–Crippen LogP) is 4.33. The fourth-order valence-electron chi connectivity index (χ4n) is 2.43. The van der Waals surface area contributed by atoms with E-state index in [2.05, 4.69) is 16.9 Å². The van der Waals surface area contributed by atoms with Gasteiger partial charge in [0.1, 0.15) is 36.0 Å². The molecule has 0 bridgehead atoms. The minimum absolute atomic E-state index is 0.0215. The van der Waals surface area contributed by atoms with Gasteiger partial charge in [-0.25, -0.2) is 14.4 Å². The Morgan fingerprint density at radius 3 is 2.13 bits per heavy atom. The highest BCUT2D eigenvalue weighted by Crippen LogP contribution is 2.34. The Morgan fingerprint density at radius 2 is 1.65 bits per heavy atom. The Labute approximate surface area is 183 Å². The molecular formula is C21H34N2O8. The summed E-state index contributed by atoms with van der Waals surface area (Å²) >= 11 is 0. The van der Waals surface area contributed by atoms with E-state index < -0.39 is 35.0 Å². The van der Waals surface area contributed by atoms with Crippen molar-refractivity contribution in [2.24, 2.45) is 10.4 Å². The zero-order chi connectivity index (χ0) is 23.9. The van der Waals surface area contributed by atoms with Gasteiger partial charge in [0.05, 0.1) is 12.0 Å². The van der Waals surface area contributed by atoms with Gasteiger partial charge in [-0.05, 0) is 48.0 Å². The number of ether oxygens (including phenoxy) is 5. The van der Waals surface area contributed by atoms with Crippen LogP contribution in [-0.4, -0.2) is 55.2 Å². The van der Waals surface area contributed by atoms with E-state index in [1.54, 1.807) is 41.5 Å². The van der Waals surface area contributed by atoms with Gasteiger partial charge in [0.2, 0.25) is 0 Å². The second-order valence-corrected chi connectivity index (χ2v) is 9.15. The average molecular weight is 443 g/mol. The number of nitrogens with zero attached hydrogens (tertiary/aromatic N) is 1. The van der Waals surface area contributed by atoms with Crippen molar-refractivity contribution in [1.82, 2.24) is 5.32 Å². The van der Waals surface area contributed by atoms with E-state index in [4.69, 9.17) is 23.7 Å². The molecule has 1 saturated heterocycles. The normalized spacial score (nSPS) is 16.5. The lowest BCUT2D eigenvalue weighted by molar-refractivity contribution is -0.0659. The van der Waals surface area contributed by atoms with Crippen LogP contribution < -0.4 is 5.32 Å². The quantitative estimate of drug-likeness (QED) is 0.212. The van der Waals surface area contributed by atoms with Gasteiger partial charge in [0.15, 0.2) is 0 Å². The Hall–Kier alpha value is -2.78. The van der Waals surface area contributed by atoms with Crippen LogP contribution in [0, 0.1) is 5.41 Å². The van der Waals surface area contributed by atoms with E-state index in [0.717, 1.165) is 0 Å². The van der Waals surface area contributed by atoms with Crippen molar-refractivity contribution in [3.05, 3.63) is 12.3 Å². The maximum atomic E-state index is 12.1. The predicted molar refractivity (Wildman–Crippen MR) is 113 cm³/mol. The van der Waals surface area contributed by atoms with Crippen LogP contribution in [0.25, 0.3) is 0 Å². The van der Waals surface area contributed by atoms with Crippen LogP contribution in [0.2, 0.25) is 0 Å². The molecule has 0 atom stereocenters. The molecule has 1 N–H and O–H groups in total. The van der Waals surface area contributed by atoms with Gasteiger partial charge < -0.3 is 23.7 Å². The van der Waals surface area contributed by atoms with Crippen LogP contribution in [-0.2, 0) is 23.7 Å². The molecule has 1 aliphatic rings. The number of nitrogens with one attached hydrogen (secondary N) is 1. The number of aliphatic imine (C=N–C) groups is 1. The topological polar surface area (TPSA) is 122 Å². The van der Waals surface area contributed by atoms with Crippen LogP contribution in [0.4, 0.5) is 14.4 Å². The molecule has 0 aromatic carbocycles. The highest BCUT2D eigenvalue weighted by atomic mass is 16.7. The molecular weight excluding hydrogens is 408 g/mol. The molecule has 1 heterocycles. The van der Waals surface area contributed by atoms with Crippen molar-refractivity contribution in [3.8, 4) is 0 Å². The number of carbonyl (C=O) groups is 3. The maximum Gasteiger partial charge on any atom is 0.508 e. The minimum Gasteiger partial charge on any atom is -0.497 e. The van der Waals surface area contributed by atoms with Gasteiger partial charge in [-0.1, -0.05) is 13.5 Å². The third-order valence-corrected chi connectivity index (χ3v) is 4.08. The van der Waals surface area contributed by atoms with E-state index in [9.17, 15) is 14.4 Å². The molecule has 31 heavy (non-hydrogen) atoms. The molecule has 0 aliphatic carbocycles. The van der Waals surface area contributed by atoms with Crippen molar-refractivity contribution < 1.29 is 38.1 Å². The molecule has 1 rings (SSSR count). The number of hydrogen-bond acceptors (Lipinski definition) is 8. The number of amidine groups is 1. The molecule has 0 spiro atoms. The number of alkyl carbamates (subject to hydrolysis) is 1. The summed E-state index contributed by atoms with van der Waals surface area (Å²) in [6.07, 6.45) is -1.70. The van der Waals surface area contributed by atoms with Gasteiger partial charge in [0.25, 0.3) is 0 Å². The Kier molecular flexibility index (Phi) is 8.89. The van der Waals surface area contributed by atoms with Gasteiger partial charge >= 0.3 is 18.3 Å². The van der Waals surface area contributed by atoms with E-state index in [1.165, 1.54) is 0 Å². The van der Waals surface area contributed by atoms with E-state index >= 15 is 0 Å². The van der Waals surface area contributed by atoms with Gasteiger partial charge in [-0.3, -0.25) is 5.32 Å². The fourth-order valence-corrected chi connectivity index (χ4v) is 2.43. The average Bonchev–Trinajstić information content (AvgIpc) is 2.59. The molecule has 176 valence electrons. The lowest BCUT2D eigenvalue weighted by atomic mass is 9.84. The summed E-state index contributed by atoms with van der Waals surface area (Å²) in [7, 11) is 0. The first-order valence-electron chi connectivity index (χ1n) is 10.1. The lowest BCUT2D eigenvalue weighted by Gasteiger charge is -2.35. The SMILES string of the molecule is C=C(OCCC(=NC(=O)OC(C)(C)C)NC(=O)OC(C)(C)C)C1(CC)COC(=O)OC1. The molecule has 0 radical (unpaired) electrons. The van der Waals surface area contributed by atoms with Crippen LogP contribution >= 0.6 is 0 Å². The lowest BCUT2D eigenvalue weighted by Crippen LogP contribution is -2.41. The molecule has 2 amide bonds. The smallest absolute Gasteiger partial charge is 0.497 e. The number of carbonyl (C=O) groups excluding carboxylic acids is 3. The van der Waals surface area contributed by atoms with Crippen molar-refractivity contribution in [3.63, 3.8) is 0 Å². The Bertz CT molecular complexity index is 706. The maximum absolute atomic E-state index is 12.1. The molecule has 0 unspecified atom stereocenters. The van der Waals surface area contributed by atoms with E-state index in [1.807, 2.05) is 6.92 Å². The summed E-state index contributed by atoms with van der Waals surface area (Å²) in [4.78, 5) is 39.2. The summed E-state index contributed by atoms with van der Waals surface area (Å²) in [6.45, 7) is 16.3. The fraction of sp³-hybridized carbons (Fsp3) is 0.714. The van der Waals surface area contributed by atoms with Crippen molar-refractivity contribution in [1.29, 1.82) is 0 Å². The molecule has 1 aliphatic heterocycles. The summed E-state index contributed by atoms with van der Waals surface area (Å²) in [5.74, 6) is 0.393. The van der Waals surface area contributed by atoms with Crippen LogP contribution in [0.15, 0.2) is 17.3 Å². The summed E-state index contributed by atoms with van der Waals surface area (Å²) in [5.41, 5.74) is -2.14. The van der Waals surface area contributed by atoms with Crippen LogP contribution in [0.5, 0.6) is 0 Å². The van der Waals surface area contributed by atoms with Crippen molar-refractivity contribution >= 4 is 24.2 Å². The van der Waals surface area contributed by atoms with Gasteiger partial charge in [-0.15, -0.1) is 0 Å². The Morgan fingerprint density at radius 1 is 1.10 bits per heavy atom. The highest BCUT2D eigenvalue weighted by Gasteiger charge is 2.40. The van der Waals surface area contributed by atoms with Crippen LogP contribution in [0.1, 0.15) is 61.3 Å². The zero-order valence-electron chi connectivity index (χ0n) is 19.5. The molecule has 1 fully saturated rings. The van der Waals surface area contributed by atoms with Crippen LogP contribution in [0.3, 0.4) is 0 Å². The number of hydrogen-bond donors (Lipinski definition) is 1. The second-order valence-electron chi connectivity index (χ2n) is 9.15. The first-order chi connectivity index (χ1) is 14.2. The number of cyclic esters (lactones) is 2. The minimum atomic E-state index is -0.852. The van der Waals surface area contributed by atoms with Gasteiger partial charge in [-0.2, -0.15) is 4.99 Å². The monoisotopic (exact) mass is 442 g/mol. The second kappa shape index (κ2) is 10.5. The standard InChI is InChI=1S/C21H34N2O8/c1-9-21(12-28-18(26)29-13-21)14(2)27-11-10-15(22-16(24)30-19(3,4)5)23-17(25)31-20(6,7)8/h2,9-13H2,1,3-8H3,(H,22,23,24,25). The summed E-state index contributed by atoms with van der Waals surface area (Å²) < 4.78 is 26.0. The molecule has 0 aromatic heterocycles. The molecule has 0 aromatic rings. The van der Waals surface area contributed by atoms with E-state index in [0.29, 0.717) is 12.2 Å². The summed E-state index contributed by atoms with van der Waals surface area (Å²) in [6, 6.07) is 0. The molecule has 0 saturated carbocycles. The Balaban J connectivity index is 2.80. The summed E-state index contributed by atoms with van der Waals surface area (Å²) in [5, 5.41) is 2.46. The zero-order valence-corrected chi connectivity index (χ0v) is 19.5. The highest BCUT2D eigenvalue weighted by molar-refractivity contribution is 6.00. The third-order valence-electron chi connectivity index (χ3n) is 4.08. The van der Waals surface area contributed by atoms with Crippen molar-refractivity contribution in [2.75, 3.05) is 19.8 Å². The number of amides is 2. The first-order valence-corrected chi connectivity index (χ1v) is 10.1. The first kappa shape index (κ1) is 26.3. The van der Waals surface area contributed by atoms with E-state index in [-0.39, 0.29) is 32.1 Å².